The molecule has 0 saturated carbocycles. The predicted molar refractivity (Wildman–Crippen MR) is 95.6 cm³/mol. The lowest BCUT2D eigenvalue weighted by Gasteiger charge is -2.07. The first-order valence-corrected chi connectivity index (χ1v) is 8.36. The van der Waals surface area contributed by atoms with Crippen LogP contribution in [-0.4, -0.2) is 24.5 Å². The number of hydrogen-bond donors (Lipinski definition) is 0. The minimum Gasteiger partial charge on any atom is -0.293 e. The third kappa shape index (κ3) is 3.31. The Morgan fingerprint density at radius 3 is 2.63 bits per heavy atom. The smallest absolute Gasteiger partial charge is 0.283 e. The highest BCUT2D eigenvalue weighted by Gasteiger charge is 2.14. The molecular weight excluding hydrogens is 376 g/mol. The number of aromatic nitrogens is 5. The first kappa shape index (κ1) is 17.3. The van der Waals surface area contributed by atoms with Crippen molar-refractivity contribution < 1.29 is 8.78 Å². The lowest BCUT2D eigenvalue weighted by molar-refractivity contribution is 0.506. The van der Waals surface area contributed by atoms with Crippen LogP contribution in [0.5, 0.6) is 0 Å². The van der Waals surface area contributed by atoms with E-state index in [1.807, 2.05) is 18.2 Å². The second-order valence-electron chi connectivity index (χ2n) is 5.94. The average molecular weight is 388 g/mol. The second-order valence-corrected chi connectivity index (χ2v) is 6.34. The van der Waals surface area contributed by atoms with Crippen molar-refractivity contribution in [3.63, 3.8) is 0 Å². The SMILES string of the molecule is O=c1c2nnn(Cc3ccccc3Cl)c2ncn1Cc1ccc(F)c(F)c1. The van der Waals surface area contributed by atoms with Crippen LogP contribution in [0, 0.1) is 11.6 Å². The van der Waals surface area contributed by atoms with Crippen molar-refractivity contribution in [2.24, 2.45) is 0 Å². The maximum Gasteiger partial charge on any atom is 0.283 e. The van der Waals surface area contributed by atoms with Crippen LogP contribution in [0.25, 0.3) is 11.2 Å². The second kappa shape index (κ2) is 6.88. The fourth-order valence-electron chi connectivity index (χ4n) is 2.73. The molecule has 0 saturated heterocycles. The maximum atomic E-state index is 13.4. The van der Waals surface area contributed by atoms with Crippen LogP contribution in [0.15, 0.2) is 53.6 Å². The molecule has 136 valence electrons. The molecule has 0 unspecified atom stereocenters. The van der Waals surface area contributed by atoms with Gasteiger partial charge in [0.2, 0.25) is 0 Å². The summed E-state index contributed by atoms with van der Waals surface area (Å²) in [5.74, 6) is -1.91. The highest BCUT2D eigenvalue weighted by molar-refractivity contribution is 6.31. The Balaban J connectivity index is 1.68. The molecule has 0 spiro atoms. The zero-order chi connectivity index (χ0) is 19.0. The van der Waals surface area contributed by atoms with Crippen molar-refractivity contribution >= 4 is 22.8 Å². The van der Waals surface area contributed by atoms with Gasteiger partial charge < -0.3 is 0 Å². The summed E-state index contributed by atoms with van der Waals surface area (Å²) >= 11 is 6.16. The van der Waals surface area contributed by atoms with Gasteiger partial charge in [-0.05, 0) is 29.3 Å². The van der Waals surface area contributed by atoms with Crippen LogP contribution in [0.1, 0.15) is 11.1 Å². The molecule has 0 amide bonds. The zero-order valence-corrected chi connectivity index (χ0v) is 14.6. The van der Waals surface area contributed by atoms with E-state index in [1.165, 1.54) is 21.6 Å². The molecule has 0 bridgehead atoms. The van der Waals surface area contributed by atoms with Crippen molar-refractivity contribution in [1.29, 1.82) is 0 Å². The van der Waals surface area contributed by atoms with Crippen molar-refractivity contribution in [3.8, 4) is 0 Å². The Bertz CT molecular complexity index is 1200. The van der Waals surface area contributed by atoms with E-state index in [0.29, 0.717) is 22.8 Å². The minimum atomic E-state index is -0.972. The summed E-state index contributed by atoms with van der Waals surface area (Å²) in [7, 11) is 0. The van der Waals surface area contributed by atoms with Gasteiger partial charge in [-0.3, -0.25) is 9.36 Å². The topological polar surface area (TPSA) is 65.6 Å². The van der Waals surface area contributed by atoms with Gasteiger partial charge in [-0.2, -0.15) is 0 Å². The van der Waals surface area contributed by atoms with Gasteiger partial charge in [0.05, 0.1) is 13.1 Å². The van der Waals surface area contributed by atoms with Gasteiger partial charge in [-0.1, -0.05) is 41.1 Å². The summed E-state index contributed by atoms with van der Waals surface area (Å²) in [6, 6.07) is 10.7. The normalized spacial score (nSPS) is 11.2. The highest BCUT2D eigenvalue weighted by atomic mass is 35.5. The lowest BCUT2D eigenvalue weighted by Crippen LogP contribution is -2.21. The number of fused-ring (bicyclic) bond motifs is 1. The molecule has 6 nitrogen and oxygen atoms in total. The molecule has 0 aliphatic heterocycles. The van der Waals surface area contributed by atoms with E-state index in [2.05, 4.69) is 15.3 Å². The van der Waals surface area contributed by atoms with E-state index < -0.39 is 17.2 Å². The van der Waals surface area contributed by atoms with E-state index >= 15 is 0 Å². The minimum absolute atomic E-state index is 0.0380. The Morgan fingerprint density at radius 2 is 1.85 bits per heavy atom. The summed E-state index contributed by atoms with van der Waals surface area (Å²) in [6.45, 7) is 0.353. The first-order valence-electron chi connectivity index (χ1n) is 7.99. The molecular formula is C18H12ClF2N5O. The number of hydrogen-bond acceptors (Lipinski definition) is 4. The quantitative estimate of drug-likeness (QED) is 0.540. The average Bonchev–Trinajstić information content (AvgIpc) is 3.06. The van der Waals surface area contributed by atoms with E-state index in [4.69, 9.17) is 11.6 Å². The van der Waals surface area contributed by atoms with Crippen LogP contribution in [-0.2, 0) is 13.1 Å². The Hall–Kier alpha value is -3.13. The Kier molecular flexibility index (Phi) is 4.41. The first-order chi connectivity index (χ1) is 13.0. The van der Waals surface area contributed by atoms with Gasteiger partial charge in [-0.15, -0.1) is 5.10 Å². The number of benzene rings is 2. The molecule has 4 aromatic rings. The Labute approximate surface area is 156 Å². The van der Waals surface area contributed by atoms with Crippen molar-refractivity contribution in [2.45, 2.75) is 13.1 Å². The third-order valence-corrected chi connectivity index (χ3v) is 4.48. The molecule has 0 fully saturated rings. The molecule has 2 aromatic heterocycles. The molecule has 27 heavy (non-hydrogen) atoms. The third-order valence-electron chi connectivity index (χ3n) is 4.11. The predicted octanol–water partition coefficient (Wildman–Crippen LogP) is 3.02. The Morgan fingerprint density at radius 1 is 1.04 bits per heavy atom. The summed E-state index contributed by atoms with van der Waals surface area (Å²) in [5, 5.41) is 8.48. The van der Waals surface area contributed by atoms with E-state index in [-0.39, 0.29) is 12.1 Å². The fraction of sp³-hybridized carbons (Fsp3) is 0.111. The summed E-state index contributed by atoms with van der Waals surface area (Å²) in [4.78, 5) is 16.9. The van der Waals surface area contributed by atoms with Crippen LogP contribution in [0.4, 0.5) is 8.78 Å². The van der Waals surface area contributed by atoms with Crippen LogP contribution in [0.2, 0.25) is 5.02 Å². The van der Waals surface area contributed by atoms with Gasteiger partial charge in [0.15, 0.2) is 22.8 Å². The fourth-order valence-corrected chi connectivity index (χ4v) is 2.92. The summed E-state index contributed by atoms with van der Waals surface area (Å²) < 4.78 is 29.2. The molecule has 0 radical (unpaired) electrons. The summed E-state index contributed by atoms with van der Waals surface area (Å²) in [6.07, 6.45) is 1.33. The largest absolute Gasteiger partial charge is 0.293 e. The van der Waals surface area contributed by atoms with Crippen molar-refractivity contribution in [1.82, 2.24) is 24.5 Å². The molecule has 4 rings (SSSR count). The van der Waals surface area contributed by atoms with E-state index in [0.717, 1.165) is 17.7 Å². The van der Waals surface area contributed by atoms with Crippen LogP contribution >= 0.6 is 11.6 Å². The standard InChI is InChI=1S/C18H12ClF2N5O/c19-13-4-2-1-3-12(13)9-26-17-16(23-24-26)18(27)25(10-22-17)8-11-5-6-14(20)15(21)7-11/h1-7,10H,8-9H2. The molecule has 0 aliphatic rings. The number of halogens is 3. The van der Waals surface area contributed by atoms with Gasteiger partial charge >= 0.3 is 0 Å². The van der Waals surface area contributed by atoms with Gasteiger partial charge in [0.25, 0.3) is 5.56 Å². The van der Waals surface area contributed by atoms with Crippen LogP contribution < -0.4 is 5.56 Å². The maximum absolute atomic E-state index is 13.4. The lowest BCUT2D eigenvalue weighted by atomic mass is 10.2. The molecule has 0 N–H and O–H groups in total. The van der Waals surface area contributed by atoms with Gasteiger partial charge in [0, 0.05) is 5.02 Å². The molecule has 2 heterocycles. The zero-order valence-electron chi connectivity index (χ0n) is 13.8. The van der Waals surface area contributed by atoms with Gasteiger partial charge in [-0.25, -0.2) is 18.4 Å². The highest BCUT2D eigenvalue weighted by Crippen LogP contribution is 2.17. The van der Waals surface area contributed by atoms with Gasteiger partial charge in [0.1, 0.15) is 6.33 Å². The van der Waals surface area contributed by atoms with Crippen molar-refractivity contribution in [2.75, 3.05) is 0 Å². The van der Waals surface area contributed by atoms with E-state index in [9.17, 15) is 13.6 Å². The number of nitrogens with zero attached hydrogens (tertiary/aromatic N) is 5. The van der Waals surface area contributed by atoms with Crippen LogP contribution in [0.3, 0.4) is 0 Å². The molecule has 0 atom stereocenters. The summed E-state index contributed by atoms with van der Waals surface area (Å²) in [5.41, 5.74) is 1.24. The van der Waals surface area contributed by atoms with E-state index in [1.54, 1.807) is 6.07 Å². The number of rotatable bonds is 4. The monoisotopic (exact) mass is 387 g/mol. The molecule has 2 aromatic carbocycles. The van der Waals surface area contributed by atoms with Crippen molar-refractivity contribution in [3.05, 3.63) is 86.9 Å². The molecule has 0 aliphatic carbocycles. The molecule has 9 heteroatoms.